The Morgan fingerprint density at radius 3 is 3.08 bits per heavy atom. The Morgan fingerprint density at radius 1 is 1.83 bits per heavy atom. The molecule has 0 fully saturated rings. The van der Waals surface area contributed by atoms with E-state index in [-0.39, 0.29) is 12.3 Å². The predicted octanol–water partition coefficient (Wildman–Crippen LogP) is 1.80. The van der Waals surface area contributed by atoms with E-state index in [0.29, 0.717) is 0 Å². The Morgan fingerprint density at radius 2 is 2.58 bits per heavy atom. The topological polar surface area (TPSA) is 50.2 Å². The Bertz CT molecular complexity index is 246. The van der Waals surface area contributed by atoms with Crippen LogP contribution in [0.3, 0.4) is 0 Å². The van der Waals surface area contributed by atoms with Crippen LogP contribution in [0.2, 0.25) is 0 Å². The van der Waals surface area contributed by atoms with E-state index in [2.05, 4.69) is 4.98 Å². The first kappa shape index (κ1) is 9.19. The van der Waals surface area contributed by atoms with Crippen LogP contribution in [0.1, 0.15) is 18.2 Å². The Labute approximate surface area is 75.1 Å². The lowest BCUT2D eigenvalue weighted by Crippen LogP contribution is -2.06. The number of hydrogen-bond donors (Lipinski definition) is 1. The molecule has 12 heavy (non-hydrogen) atoms. The molecule has 0 aromatic carbocycles. The van der Waals surface area contributed by atoms with Crippen LogP contribution in [0.5, 0.6) is 0 Å². The van der Waals surface area contributed by atoms with Crippen molar-refractivity contribution in [1.29, 1.82) is 0 Å². The lowest BCUT2D eigenvalue weighted by molar-refractivity contribution is -0.137. The van der Waals surface area contributed by atoms with Crippen LogP contribution in [0.25, 0.3) is 0 Å². The van der Waals surface area contributed by atoms with Gasteiger partial charge in [0, 0.05) is 17.5 Å². The van der Waals surface area contributed by atoms with Gasteiger partial charge in [0.05, 0.1) is 5.51 Å². The zero-order valence-corrected chi connectivity index (χ0v) is 7.67. The van der Waals surface area contributed by atoms with Crippen LogP contribution >= 0.6 is 11.3 Å². The number of aliphatic carboxylic acids is 1. The zero-order chi connectivity index (χ0) is 8.97. The molecular weight excluding hydrogens is 174 g/mol. The first-order valence-electron chi connectivity index (χ1n) is 3.77. The van der Waals surface area contributed by atoms with Gasteiger partial charge in [-0.25, -0.2) is 0 Å². The maximum atomic E-state index is 10.3. The molecule has 1 unspecified atom stereocenters. The van der Waals surface area contributed by atoms with Crippen LogP contribution in [-0.4, -0.2) is 16.1 Å². The van der Waals surface area contributed by atoms with E-state index in [1.54, 1.807) is 23.0 Å². The fraction of sp³-hybridized carbons (Fsp3) is 0.500. The molecule has 4 heteroatoms. The average molecular weight is 185 g/mol. The fourth-order valence-corrected chi connectivity index (χ4v) is 1.82. The molecule has 66 valence electrons. The maximum absolute atomic E-state index is 10.3. The molecule has 0 radical (unpaired) electrons. The van der Waals surface area contributed by atoms with Crippen molar-refractivity contribution >= 4 is 17.3 Å². The quantitative estimate of drug-likeness (QED) is 0.778. The monoisotopic (exact) mass is 185 g/mol. The standard InChI is InChI=1S/C8H11NO2S/c1-6(3-8(10)11)2-7-4-9-5-12-7/h4-6H,2-3H2,1H3,(H,10,11). The van der Waals surface area contributed by atoms with Crippen molar-refractivity contribution in [1.82, 2.24) is 4.98 Å². The van der Waals surface area contributed by atoms with Gasteiger partial charge in [-0.2, -0.15) is 0 Å². The number of carbonyl (C=O) groups is 1. The van der Waals surface area contributed by atoms with Crippen molar-refractivity contribution in [3.8, 4) is 0 Å². The van der Waals surface area contributed by atoms with E-state index in [1.807, 2.05) is 6.92 Å². The average Bonchev–Trinajstić information content (AvgIpc) is 2.37. The van der Waals surface area contributed by atoms with Gasteiger partial charge in [0.15, 0.2) is 0 Å². The molecule has 0 saturated heterocycles. The number of nitrogens with zero attached hydrogens (tertiary/aromatic N) is 1. The Hall–Kier alpha value is -0.900. The minimum absolute atomic E-state index is 0.197. The summed E-state index contributed by atoms with van der Waals surface area (Å²) in [6.45, 7) is 1.94. The van der Waals surface area contributed by atoms with E-state index in [4.69, 9.17) is 5.11 Å². The Balaban J connectivity index is 2.36. The van der Waals surface area contributed by atoms with Gasteiger partial charge in [-0.1, -0.05) is 6.92 Å². The van der Waals surface area contributed by atoms with Gasteiger partial charge in [0.25, 0.3) is 0 Å². The number of thiazole rings is 1. The number of carboxylic acid groups (broad SMARTS) is 1. The third-order valence-electron chi connectivity index (χ3n) is 1.56. The highest BCUT2D eigenvalue weighted by molar-refractivity contribution is 7.09. The van der Waals surface area contributed by atoms with Crippen molar-refractivity contribution in [2.24, 2.45) is 5.92 Å². The summed E-state index contributed by atoms with van der Waals surface area (Å²) in [5.41, 5.74) is 1.77. The molecule has 0 saturated carbocycles. The molecule has 3 nitrogen and oxygen atoms in total. The zero-order valence-electron chi connectivity index (χ0n) is 6.86. The summed E-state index contributed by atoms with van der Waals surface area (Å²) in [4.78, 5) is 15.4. The molecule has 0 aliphatic rings. The molecule has 0 spiro atoms. The number of hydrogen-bond acceptors (Lipinski definition) is 3. The van der Waals surface area contributed by atoms with Crippen molar-refractivity contribution in [2.45, 2.75) is 19.8 Å². The van der Waals surface area contributed by atoms with E-state index in [9.17, 15) is 4.79 Å². The second-order valence-corrected chi connectivity index (χ2v) is 3.85. The SMILES string of the molecule is CC(CC(=O)O)Cc1cncs1. The van der Waals surface area contributed by atoms with E-state index < -0.39 is 5.97 Å². The minimum Gasteiger partial charge on any atom is -0.481 e. The second kappa shape index (κ2) is 4.21. The van der Waals surface area contributed by atoms with Crippen LogP contribution in [0, 0.1) is 5.92 Å². The summed E-state index contributed by atoms with van der Waals surface area (Å²) < 4.78 is 0. The van der Waals surface area contributed by atoms with E-state index >= 15 is 0 Å². The first-order valence-corrected chi connectivity index (χ1v) is 4.65. The minimum atomic E-state index is -0.730. The normalized spacial score (nSPS) is 12.8. The second-order valence-electron chi connectivity index (χ2n) is 2.87. The third-order valence-corrected chi connectivity index (χ3v) is 2.36. The summed E-state index contributed by atoms with van der Waals surface area (Å²) in [6, 6.07) is 0. The highest BCUT2D eigenvalue weighted by Gasteiger charge is 2.08. The van der Waals surface area contributed by atoms with Gasteiger partial charge < -0.3 is 5.11 Å². The molecule has 1 heterocycles. The highest BCUT2D eigenvalue weighted by atomic mass is 32.1. The van der Waals surface area contributed by atoms with Crippen LogP contribution in [0.15, 0.2) is 11.7 Å². The van der Waals surface area contributed by atoms with Gasteiger partial charge in [-0.3, -0.25) is 9.78 Å². The van der Waals surface area contributed by atoms with Crippen molar-refractivity contribution < 1.29 is 9.90 Å². The van der Waals surface area contributed by atoms with Crippen LogP contribution in [0.4, 0.5) is 0 Å². The van der Waals surface area contributed by atoms with Gasteiger partial charge in [-0.15, -0.1) is 11.3 Å². The van der Waals surface area contributed by atoms with Gasteiger partial charge in [-0.05, 0) is 12.3 Å². The maximum Gasteiger partial charge on any atom is 0.303 e. The molecule has 1 aromatic rings. The first-order chi connectivity index (χ1) is 5.68. The molecule has 0 aliphatic carbocycles. The molecule has 0 aliphatic heterocycles. The predicted molar refractivity (Wildman–Crippen MR) is 47.2 cm³/mol. The lowest BCUT2D eigenvalue weighted by Gasteiger charge is -2.04. The van der Waals surface area contributed by atoms with Crippen molar-refractivity contribution in [2.75, 3.05) is 0 Å². The summed E-state index contributed by atoms with van der Waals surface area (Å²) in [7, 11) is 0. The van der Waals surface area contributed by atoms with Crippen LogP contribution in [-0.2, 0) is 11.2 Å². The number of aromatic nitrogens is 1. The number of carboxylic acids is 1. The summed E-state index contributed by atoms with van der Waals surface area (Å²) in [5, 5.41) is 8.50. The molecule has 1 atom stereocenters. The van der Waals surface area contributed by atoms with Gasteiger partial charge in [0.2, 0.25) is 0 Å². The molecule has 0 bridgehead atoms. The molecule has 0 amide bonds. The molecule has 1 aromatic heterocycles. The summed E-state index contributed by atoms with van der Waals surface area (Å²) in [6.07, 6.45) is 2.85. The van der Waals surface area contributed by atoms with Gasteiger partial charge >= 0.3 is 5.97 Å². The van der Waals surface area contributed by atoms with Crippen molar-refractivity contribution in [3.05, 3.63) is 16.6 Å². The number of rotatable bonds is 4. The molecule has 1 rings (SSSR count). The van der Waals surface area contributed by atoms with E-state index in [0.717, 1.165) is 11.3 Å². The highest BCUT2D eigenvalue weighted by Crippen LogP contribution is 2.14. The van der Waals surface area contributed by atoms with Gasteiger partial charge in [0.1, 0.15) is 0 Å². The third kappa shape index (κ3) is 3.00. The summed E-state index contributed by atoms with van der Waals surface area (Å²) in [5.74, 6) is -0.532. The van der Waals surface area contributed by atoms with E-state index in [1.165, 1.54) is 0 Å². The lowest BCUT2D eigenvalue weighted by atomic mass is 10.0. The summed E-state index contributed by atoms with van der Waals surface area (Å²) >= 11 is 1.57. The molecule has 1 N–H and O–H groups in total. The molecular formula is C8H11NO2S. The Kier molecular flexibility index (Phi) is 3.22. The van der Waals surface area contributed by atoms with Crippen LogP contribution < -0.4 is 0 Å². The fourth-order valence-electron chi connectivity index (χ4n) is 1.06. The smallest absolute Gasteiger partial charge is 0.303 e. The van der Waals surface area contributed by atoms with Crippen molar-refractivity contribution in [3.63, 3.8) is 0 Å². The largest absolute Gasteiger partial charge is 0.481 e.